The molecule has 0 saturated heterocycles. The first-order chi connectivity index (χ1) is 13.1. The molecule has 27 heavy (non-hydrogen) atoms. The van der Waals surface area contributed by atoms with E-state index in [1.54, 1.807) is 11.0 Å². The van der Waals surface area contributed by atoms with E-state index in [1.807, 2.05) is 37.3 Å². The predicted octanol–water partition coefficient (Wildman–Crippen LogP) is 4.76. The summed E-state index contributed by atoms with van der Waals surface area (Å²) in [5.74, 6) is 1.08. The van der Waals surface area contributed by atoms with Gasteiger partial charge in [0.05, 0.1) is 5.69 Å². The first-order valence-electron chi connectivity index (χ1n) is 9.05. The maximum atomic E-state index is 13.5. The van der Waals surface area contributed by atoms with Crippen LogP contribution >= 0.6 is 11.8 Å². The predicted molar refractivity (Wildman–Crippen MR) is 108 cm³/mol. The number of carbonyl (C=O) groups excluding carboxylic acids is 1. The largest absolute Gasteiger partial charge is 0.271 e. The standard InChI is InChI=1S/C21H20FN3OS/c1-3-13(2)18-20(26)25-19(24-18)16-9-4-5-10-17(16)23-21(25)27-12-14-7-6-8-15(22)11-14/h4-11,13,18H,3,12H2,1-2H3/t13-,18+/m1/s1. The van der Waals surface area contributed by atoms with Crippen LogP contribution in [0.3, 0.4) is 0 Å². The van der Waals surface area contributed by atoms with E-state index in [0.717, 1.165) is 23.2 Å². The van der Waals surface area contributed by atoms with Crippen molar-refractivity contribution < 1.29 is 9.18 Å². The van der Waals surface area contributed by atoms with E-state index in [1.165, 1.54) is 23.9 Å². The number of benzene rings is 2. The van der Waals surface area contributed by atoms with Crippen LogP contribution in [0.15, 0.2) is 58.5 Å². The van der Waals surface area contributed by atoms with Crippen LogP contribution in [-0.2, 0) is 10.5 Å². The number of carbonyl (C=O) groups is 1. The molecule has 1 amide bonds. The first kappa shape index (κ1) is 17.9. The Kier molecular flexibility index (Phi) is 4.83. The van der Waals surface area contributed by atoms with Gasteiger partial charge in [0.1, 0.15) is 17.7 Å². The number of hydrogen-bond donors (Lipinski definition) is 0. The van der Waals surface area contributed by atoms with Crippen molar-refractivity contribution in [3.63, 3.8) is 0 Å². The van der Waals surface area contributed by atoms with Crippen LogP contribution in [0.4, 0.5) is 10.1 Å². The molecule has 0 spiro atoms. The molecule has 0 saturated carbocycles. The van der Waals surface area contributed by atoms with Gasteiger partial charge < -0.3 is 0 Å². The van der Waals surface area contributed by atoms with Crippen LogP contribution in [-0.4, -0.2) is 27.9 Å². The molecule has 2 aromatic rings. The second-order valence-corrected chi connectivity index (χ2v) is 7.73. The van der Waals surface area contributed by atoms with E-state index in [9.17, 15) is 9.18 Å². The third-order valence-corrected chi connectivity index (χ3v) is 5.95. The quantitative estimate of drug-likeness (QED) is 0.766. The molecule has 2 atom stereocenters. The van der Waals surface area contributed by atoms with Crippen molar-refractivity contribution in [2.45, 2.75) is 32.1 Å². The zero-order chi connectivity index (χ0) is 19.0. The van der Waals surface area contributed by atoms with Gasteiger partial charge in [-0.05, 0) is 35.7 Å². The lowest BCUT2D eigenvalue weighted by Crippen LogP contribution is -2.42. The fourth-order valence-corrected chi connectivity index (χ4v) is 4.18. The van der Waals surface area contributed by atoms with E-state index in [-0.39, 0.29) is 23.7 Å². The van der Waals surface area contributed by atoms with Crippen molar-refractivity contribution in [1.82, 2.24) is 4.90 Å². The van der Waals surface area contributed by atoms with Crippen LogP contribution in [0.25, 0.3) is 0 Å². The molecule has 4 nitrogen and oxygen atoms in total. The van der Waals surface area contributed by atoms with Gasteiger partial charge in [0.2, 0.25) is 0 Å². The number of thioether (sulfide) groups is 1. The molecule has 0 unspecified atom stereocenters. The average Bonchev–Trinajstić information content (AvgIpc) is 3.03. The summed E-state index contributed by atoms with van der Waals surface area (Å²) in [4.78, 5) is 24.2. The zero-order valence-electron chi connectivity index (χ0n) is 15.2. The lowest BCUT2D eigenvalue weighted by Gasteiger charge is -2.26. The monoisotopic (exact) mass is 381 g/mol. The number of para-hydroxylation sites is 1. The van der Waals surface area contributed by atoms with Crippen LogP contribution in [0, 0.1) is 11.7 Å². The highest BCUT2D eigenvalue weighted by atomic mass is 32.2. The van der Waals surface area contributed by atoms with Crippen LogP contribution in [0.1, 0.15) is 31.4 Å². The molecule has 0 radical (unpaired) electrons. The molecule has 4 rings (SSSR count). The highest BCUT2D eigenvalue weighted by Crippen LogP contribution is 2.35. The number of nitrogens with zero attached hydrogens (tertiary/aromatic N) is 3. The third-order valence-electron chi connectivity index (χ3n) is 4.94. The number of amidine groups is 2. The summed E-state index contributed by atoms with van der Waals surface area (Å²) in [7, 11) is 0. The molecular weight excluding hydrogens is 361 g/mol. The Bertz CT molecular complexity index is 956. The second-order valence-electron chi connectivity index (χ2n) is 6.79. The van der Waals surface area contributed by atoms with Gasteiger partial charge in [-0.25, -0.2) is 14.3 Å². The summed E-state index contributed by atoms with van der Waals surface area (Å²) in [6, 6.07) is 13.9. The number of halogens is 1. The normalized spacial score (nSPS) is 19.3. The van der Waals surface area contributed by atoms with Gasteiger partial charge in [-0.2, -0.15) is 0 Å². The van der Waals surface area contributed by atoms with Gasteiger partial charge >= 0.3 is 0 Å². The molecule has 0 aromatic heterocycles. The Labute approximate surface area is 162 Å². The Balaban J connectivity index is 1.68. The lowest BCUT2D eigenvalue weighted by atomic mass is 10.00. The summed E-state index contributed by atoms with van der Waals surface area (Å²) in [5, 5.41) is 0.604. The third kappa shape index (κ3) is 3.30. The minimum Gasteiger partial charge on any atom is -0.271 e. The molecule has 138 valence electrons. The first-order valence-corrected chi connectivity index (χ1v) is 10.0. The average molecular weight is 381 g/mol. The van der Waals surface area contributed by atoms with E-state index in [4.69, 9.17) is 9.98 Å². The second kappa shape index (κ2) is 7.27. The minimum absolute atomic E-state index is 0.0284. The fraction of sp³-hybridized carbons (Fsp3) is 0.286. The highest BCUT2D eigenvalue weighted by Gasteiger charge is 2.42. The molecule has 0 fully saturated rings. The molecule has 2 aromatic carbocycles. The summed E-state index contributed by atoms with van der Waals surface area (Å²) in [6.45, 7) is 4.12. The topological polar surface area (TPSA) is 45.0 Å². The van der Waals surface area contributed by atoms with Crippen molar-refractivity contribution >= 4 is 34.4 Å². The molecule has 2 aliphatic rings. The van der Waals surface area contributed by atoms with E-state index in [0.29, 0.717) is 16.8 Å². The maximum absolute atomic E-state index is 13.5. The molecule has 0 N–H and O–H groups in total. The smallest absolute Gasteiger partial charge is 0.259 e. The Morgan fingerprint density at radius 3 is 2.81 bits per heavy atom. The Morgan fingerprint density at radius 2 is 2.04 bits per heavy atom. The molecule has 2 aliphatic heterocycles. The number of hydrogen-bond acceptors (Lipinski definition) is 4. The Morgan fingerprint density at radius 1 is 1.22 bits per heavy atom. The number of aliphatic imine (C=N–C) groups is 2. The van der Waals surface area contributed by atoms with Crippen molar-refractivity contribution in [2.75, 3.05) is 0 Å². The molecule has 2 heterocycles. The lowest BCUT2D eigenvalue weighted by molar-refractivity contribution is -0.125. The summed E-state index contributed by atoms with van der Waals surface area (Å²) < 4.78 is 13.5. The van der Waals surface area contributed by atoms with E-state index in [2.05, 4.69) is 6.92 Å². The van der Waals surface area contributed by atoms with Crippen LogP contribution in [0.5, 0.6) is 0 Å². The molecule has 0 bridgehead atoms. The molecule has 6 heteroatoms. The SMILES string of the molecule is CC[C@@H](C)[C@@H]1N=C2c3ccccc3N=C(SCc3cccc(F)c3)N2C1=O. The zero-order valence-corrected chi connectivity index (χ0v) is 16.0. The molecular formula is C21H20FN3OS. The number of amides is 1. The van der Waals surface area contributed by atoms with E-state index < -0.39 is 0 Å². The van der Waals surface area contributed by atoms with Gasteiger partial charge in [0.25, 0.3) is 5.91 Å². The summed E-state index contributed by atoms with van der Waals surface area (Å²) in [5.41, 5.74) is 2.55. The van der Waals surface area contributed by atoms with Gasteiger partial charge in [0.15, 0.2) is 5.17 Å². The Hall–Kier alpha value is -2.47. The van der Waals surface area contributed by atoms with Crippen molar-refractivity contribution in [3.8, 4) is 0 Å². The van der Waals surface area contributed by atoms with Gasteiger partial charge in [0, 0.05) is 11.3 Å². The fourth-order valence-electron chi connectivity index (χ4n) is 3.23. The molecule has 0 aliphatic carbocycles. The summed E-state index contributed by atoms with van der Waals surface area (Å²) >= 11 is 1.43. The van der Waals surface area contributed by atoms with Gasteiger partial charge in [-0.15, -0.1) is 0 Å². The van der Waals surface area contributed by atoms with Crippen molar-refractivity contribution in [3.05, 3.63) is 65.5 Å². The van der Waals surface area contributed by atoms with Gasteiger partial charge in [-0.3, -0.25) is 9.79 Å². The van der Waals surface area contributed by atoms with Gasteiger partial charge in [-0.1, -0.05) is 56.3 Å². The maximum Gasteiger partial charge on any atom is 0.259 e. The number of fused-ring (bicyclic) bond motifs is 3. The summed E-state index contributed by atoms with van der Waals surface area (Å²) in [6.07, 6.45) is 0.881. The van der Waals surface area contributed by atoms with Crippen molar-refractivity contribution in [1.29, 1.82) is 0 Å². The minimum atomic E-state index is -0.379. The number of rotatable bonds is 4. The van der Waals surface area contributed by atoms with Crippen LogP contribution < -0.4 is 0 Å². The van der Waals surface area contributed by atoms with Crippen LogP contribution in [0.2, 0.25) is 0 Å². The highest BCUT2D eigenvalue weighted by molar-refractivity contribution is 8.13. The van der Waals surface area contributed by atoms with Crippen molar-refractivity contribution in [2.24, 2.45) is 15.9 Å². The van der Waals surface area contributed by atoms with E-state index >= 15 is 0 Å².